The highest BCUT2D eigenvalue weighted by molar-refractivity contribution is 7.89. The Hall–Kier alpha value is -2.29. The minimum Gasteiger partial charge on any atom is -0.268 e. The van der Waals surface area contributed by atoms with Crippen LogP contribution in [-0.2, 0) is 23.0 Å². The molecule has 0 aliphatic rings. The summed E-state index contributed by atoms with van der Waals surface area (Å²) in [5.74, 6) is 0. The smallest absolute Gasteiger partial charge is 0.266 e. The van der Waals surface area contributed by atoms with Gasteiger partial charge in [0.05, 0.1) is 16.3 Å². The molecule has 3 aromatic rings. The van der Waals surface area contributed by atoms with Gasteiger partial charge in [0.25, 0.3) is 5.56 Å². The van der Waals surface area contributed by atoms with E-state index in [4.69, 9.17) is 0 Å². The van der Waals surface area contributed by atoms with Crippen molar-refractivity contribution < 1.29 is 8.42 Å². The first-order chi connectivity index (χ1) is 12.5. The molecule has 0 atom stereocenters. The fraction of sp³-hybridized carbons (Fsp3) is 0.222. The van der Waals surface area contributed by atoms with Crippen LogP contribution in [0.15, 0.2) is 63.6 Å². The Morgan fingerprint density at radius 1 is 1.12 bits per heavy atom. The highest BCUT2D eigenvalue weighted by atomic mass is 32.2. The minimum atomic E-state index is -3.61. The van der Waals surface area contributed by atoms with Gasteiger partial charge in [0.1, 0.15) is 5.69 Å². The number of aromatic nitrogens is 2. The molecule has 1 N–H and O–H groups in total. The predicted octanol–water partition coefficient (Wildman–Crippen LogP) is 2.51. The SMILES string of the molecule is CCc1ccc(S(=O)(=O)NCCn2nc(-c3cccs3)ccc2=O)cc1. The number of sulfonamides is 1. The second kappa shape index (κ2) is 7.94. The van der Waals surface area contributed by atoms with Crippen LogP contribution in [0.5, 0.6) is 0 Å². The summed E-state index contributed by atoms with van der Waals surface area (Å²) in [5.41, 5.74) is 1.50. The maximum atomic E-state index is 12.3. The molecule has 2 heterocycles. The predicted molar refractivity (Wildman–Crippen MR) is 103 cm³/mol. The summed E-state index contributed by atoms with van der Waals surface area (Å²) >= 11 is 1.53. The second-order valence-corrected chi connectivity index (χ2v) is 8.37. The summed E-state index contributed by atoms with van der Waals surface area (Å²) in [6.07, 6.45) is 0.850. The van der Waals surface area contributed by atoms with E-state index in [-0.39, 0.29) is 23.5 Å². The molecule has 0 unspecified atom stereocenters. The number of hydrogen-bond acceptors (Lipinski definition) is 5. The monoisotopic (exact) mass is 389 g/mol. The number of aryl methyl sites for hydroxylation is 1. The van der Waals surface area contributed by atoms with Crippen LogP contribution in [0.4, 0.5) is 0 Å². The molecule has 0 saturated carbocycles. The Kier molecular flexibility index (Phi) is 5.65. The maximum Gasteiger partial charge on any atom is 0.266 e. The van der Waals surface area contributed by atoms with Crippen LogP contribution >= 0.6 is 11.3 Å². The van der Waals surface area contributed by atoms with E-state index in [9.17, 15) is 13.2 Å². The third-order valence-electron chi connectivity index (χ3n) is 3.90. The minimum absolute atomic E-state index is 0.0820. The summed E-state index contributed by atoms with van der Waals surface area (Å²) in [4.78, 5) is 13.1. The van der Waals surface area contributed by atoms with E-state index in [1.807, 2.05) is 24.4 Å². The quantitative estimate of drug-likeness (QED) is 0.673. The van der Waals surface area contributed by atoms with Crippen LogP contribution < -0.4 is 10.3 Å². The standard InChI is InChI=1S/C18H19N3O3S2/c1-2-14-5-7-15(8-6-14)26(23,24)19-11-12-21-18(22)10-9-16(20-21)17-4-3-13-25-17/h3-10,13,19H,2,11-12H2,1H3. The van der Waals surface area contributed by atoms with Gasteiger partial charge in [-0.2, -0.15) is 5.10 Å². The molecule has 8 heteroatoms. The van der Waals surface area contributed by atoms with Gasteiger partial charge in [0, 0.05) is 12.6 Å². The van der Waals surface area contributed by atoms with Crippen molar-refractivity contribution in [2.45, 2.75) is 24.8 Å². The Balaban J connectivity index is 1.69. The fourth-order valence-corrected chi connectivity index (χ4v) is 4.15. The molecule has 0 fully saturated rings. The molecule has 0 radical (unpaired) electrons. The molecule has 2 aromatic heterocycles. The van der Waals surface area contributed by atoms with Crippen molar-refractivity contribution in [1.29, 1.82) is 0 Å². The van der Waals surface area contributed by atoms with Crippen molar-refractivity contribution in [3.8, 4) is 10.6 Å². The van der Waals surface area contributed by atoms with Crippen LogP contribution in [0.1, 0.15) is 12.5 Å². The van der Waals surface area contributed by atoms with Crippen LogP contribution in [0.3, 0.4) is 0 Å². The summed E-state index contributed by atoms with van der Waals surface area (Å²) in [6.45, 7) is 2.25. The van der Waals surface area contributed by atoms with Crippen molar-refractivity contribution in [3.63, 3.8) is 0 Å². The molecule has 0 spiro atoms. The Morgan fingerprint density at radius 2 is 1.88 bits per heavy atom. The van der Waals surface area contributed by atoms with Gasteiger partial charge >= 0.3 is 0 Å². The number of hydrogen-bond donors (Lipinski definition) is 1. The average Bonchev–Trinajstić information content (AvgIpc) is 3.18. The van der Waals surface area contributed by atoms with Gasteiger partial charge in [-0.05, 0) is 41.6 Å². The Labute approximate surface area is 156 Å². The van der Waals surface area contributed by atoms with Crippen molar-refractivity contribution in [2.24, 2.45) is 0 Å². The molecule has 0 aliphatic carbocycles. The maximum absolute atomic E-state index is 12.3. The molecule has 0 aliphatic heterocycles. The lowest BCUT2D eigenvalue weighted by Gasteiger charge is -2.09. The van der Waals surface area contributed by atoms with E-state index in [0.29, 0.717) is 5.69 Å². The zero-order valence-electron chi connectivity index (χ0n) is 14.3. The van der Waals surface area contributed by atoms with Gasteiger partial charge < -0.3 is 0 Å². The van der Waals surface area contributed by atoms with Gasteiger partial charge in [-0.3, -0.25) is 4.79 Å². The number of nitrogens with zero attached hydrogens (tertiary/aromatic N) is 2. The zero-order valence-corrected chi connectivity index (χ0v) is 15.9. The highest BCUT2D eigenvalue weighted by Gasteiger charge is 2.13. The van der Waals surface area contributed by atoms with Crippen molar-refractivity contribution in [3.05, 3.63) is 69.8 Å². The van der Waals surface area contributed by atoms with Gasteiger partial charge in [-0.1, -0.05) is 25.1 Å². The Bertz CT molecular complexity index is 1020. The van der Waals surface area contributed by atoms with E-state index >= 15 is 0 Å². The van der Waals surface area contributed by atoms with Crippen molar-refractivity contribution >= 4 is 21.4 Å². The number of thiophene rings is 1. The van der Waals surface area contributed by atoms with Crippen LogP contribution in [0.2, 0.25) is 0 Å². The summed E-state index contributed by atoms with van der Waals surface area (Å²) in [7, 11) is -3.61. The molecule has 0 saturated heterocycles. The molecule has 0 bridgehead atoms. The largest absolute Gasteiger partial charge is 0.268 e. The number of benzene rings is 1. The van der Waals surface area contributed by atoms with Crippen molar-refractivity contribution in [1.82, 2.24) is 14.5 Å². The second-order valence-electron chi connectivity index (χ2n) is 5.65. The fourth-order valence-electron chi connectivity index (χ4n) is 2.44. The lowest BCUT2D eigenvalue weighted by atomic mass is 10.2. The van der Waals surface area contributed by atoms with E-state index < -0.39 is 10.0 Å². The molecule has 136 valence electrons. The molecule has 26 heavy (non-hydrogen) atoms. The Morgan fingerprint density at radius 3 is 2.54 bits per heavy atom. The van der Waals surface area contributed by atoms with Gasteiger partial charge in [-0.15, -0.1) is 11.3 Å². The summed E-state index contributed by atoms with van der Waals surface area (Å²) < 4.78 is 28.5. The van der Waals surface area contributed by atoms with E-state index in [1.165, 1.54) is 22.1 Å². The molecular formula is C18H19N3O3S2. The van der Waals surface area contributed by atoms with Crippen LogP contribution in [0.25, 0.3) is 10.6 Å². The van der Waals surface area contributed by atoms with E-state index in [0.717, 1.165) is 16.9 Å². The first kappa shape index (κ1) is 18.5. The normalized spacial score (nSPS) is 11.6. The lowest BCUT2D eigenvalue weighted by Crippen LogP contribution is -2.32. The third kappa shape index (κ3) is 4.27. The lowest BCUT2D eigenvalue weighted by molar-refractivity contribution is 0.549. The topological polar surface area (TPSA) is 81.1 Å². The summed E-state index contributed by atoms with van der Waals surface area (Å²) in [6, 6.07) is 13.7. The first-order valence-corrected chi connectivity index (χ1v) is 10.6. The molecular weight excluding hydrogens is 370 g/mol. The van der Waals surface area contributed by atoms with Gasteiger partial charge in [-0.25, -0.2) is 17.8 Å². The van der Waals surface area contributed by atoms with E-state index in [2.05, 4.69) is 9.82 Å². The van der Waals surface area contributed by atoms with E-state index in [1.54, 1.807) is 30.3 Å². The highest BCUT2D eigenvalue weighted by Crippen LogP contribution is 2.21. The van der Waals surface area contributed by atoms with Crippen molar-refractivity contribution in [2.75, 3.05) is 6.54 Å². The zero-order chi connectivity index (χ0) is 18.6. The third-order valence-corrected chi connectivity index (χ3v) is 6.27. The van der Waals surface area contributed by atoms with Gasteiger partial charge in [0.2, 0.25) is 10.0 Å². The number of nitrogens with one attached hydrogen (secondary N) is 1. The molecule has 0 amide bonds. The first-order valence-electron chi connectivity index (χ1n) is 8.20. The summed E-state index contributed by atoms with van der Waals surface area (Å²) in [5, 5.41) is 6.24. The van der Waals surface area contributed by atoms with Gasteiger partial charge in [0.15, 0.2) is 0 Å². The average molecular weight is 390 g/mol. The molecule has 6 nitrogen and oxygen atoms in total. The molecule has 1 aromatic carbocycles. The van der Waals surface area contributed by atoms with Crippen LogP contribution in [-0.4, -0.2) is 24.7 Å². The van der Waals surface area contributed by atoms with Crippen LogP contribution in [0, 0.1) is 0 Å². The molecule has 3 rings (SSSR count). The number of rotatable bonds is 7.